The smallest absolute Gasteiger partial charge is 0.870 e. The summed E-state index contributed by atoms with van der Waals surface area (Å²) in [6.45, 7) is 22.9. The van der Waals surface area contributed by atoms with E-state index in [0.717, 1.165) is 156 Å². The summed E-state index contributed by atoms with van der Waals surface area (Å²) in [5.41, 5.74) is 1.62. The topological polar surface area (TPSA) is 167 Å². The van der Waals surface area contributed by atoms with Crippen molar-refractivity contribution in [2.45, 2.75) is 261 Å². The molecule has 0 radical (unpaired) electrons. The number of benzene rings is 1. The number of hydrogen-bond donors (Lipinski definition) is 3. The second-order valence-electron chi connectivity index (χ2n) is 30.1. The van der Waals surface area contributed by atoms with E-state index in [1.807, 2.05) is 30.3 Å². The maximum atomic E-state index is 13.1. The number of carbonyl (C=O) groups is 1. The van der Waals surface area contributed by atoms with E-state index in [9.17, 15) is 20.1 Å². The van der Waals surface area contributed by atoms with Crippen LogP contribution in [0, 0.1) is 105 Å². The molecule has 1 aromatic rings. The quantitative estimate of drug-likeness (QED) is 0.137. The third kappa shape index (κ3) is 13.8. The summed E-state index contributed by atoms with van der Waals surface area (Å²) in [6, 6.07) is 9.51. The molecule has 6 N–H and O–H groups in total. The van der Waals surface area contributed by atoms with Crippen molar-refractivity contribution in [2.24, 2.45) is 105 Å². The van der Waals surface area contributed by atoms with Crippen LogP contribution in [-0.2, 0) is 14.2 Å². The standard InChI is InChI=1S/C37H56O4.C30H52O3.2CH4.Li.2H2O/c1-25(10-15-33(26-17-22-40-23-18-26)41-34(38)27-8-6-5-7-9-27)30-13-14-31-29-12-11-28-24-35(2,39)20-21-36(28,3)32(29)16-19-37(30,31)4;1-20(5-10-27(31)21-12-17-33-18-13-21)24-8-9-25-23-7-6-22-19-28(2,32)15-16-29(22,3)26(23)11-14-30(24,25)4;;;;;/h5-9,25-26,28-33,39H,10-24H2,1-4H3;20-27,31-32H,5-19H2,1-4H3;2*1H4;;2*1H2/q;;;;+1;;/p-1/t25-,28+,29+,30-,31+,32+,33-,35+,36+,37-;20-,22+,23+,24-,25+,26+,27-,28+,29+,30-;;;;;/m11...../s1. The van der Waals surface area contributed by atoms with Crippen molar-refractivity contribution in [1.82, 2.24) is 0 Å². The van der Waals surface area contributed by atoms with Gasteiger partial charge in [0.1, 0.15) is 6.10 Å². The average molecular weight is 1100 g/mol. The number of fused-ring (bicyclic) bond motifs is 10. The molecule has 11 rings (SSSR count). The van der Waals surface area contributed by atoms with Gasteiger partial charge in [-0.25, -0.2) is 4.79 Å². The summed E-state index contributed by atoms with van der Waals surface area (Å²) in [5.74, 6) is 10.4. The molecule has 2 aliphatic heterocycles. The third-order valence-corrected chi connectivity index (χ3v) is 26.1. The summed E-state index contributed by atoms with van der Waals surface area (Å²) < 4.78 is 17.4. The summed E-state index contributed by atoms with van der Waals surface area (Å²) in [6.07, 6.45) is 31.3. The maximum absolute atomic E-state index is 13.1. The number of esters is 1. The van der Waals surface area contributed by atoms with E-state index < -0.39 is 11.2 Å². The summed E-state index contributed by atoms with van der Waals surface area (Å²) in [4.78, 5) is 13.1. The Bertz CT molecular complexity index is 2020. The van der Waals surface area contributed by atoms with Crippen LogP contribution in [0.4, 0.5) is 0 Å². The molecular formula is C69H119LiO9. The number of aliphatic hydroxyl groups is 3. The number of ether oxygens (including phenoxy) is 3. The molecule has 10 fully saturated rings. The first kappa shape index (κ1) is 68.8. The molecule has 8 aliphatic carbocycles. The van der Waals surface area contributed by atoms with Crippen LogP contribution < -0.4 is 18.9 Å². The molecule has 20 atom stereocenters. The minimum absolute atomic E-state index is 0. The van der Waals surface area contributed by atoms with Gasteiger partial charge in [0.25, 0.3) is 0 Å². The molecule has 0 amide bonds. The molecule has 10 heteroatoms. The van der Waals surface area contributed by atoms with Crippen LogP contribution in [-0.4, -0.2) is 82.1 Å². The van der Waals surface area contributed by atoms with Gasteiger partial charge in [-0.2, -0.15) is 0 Å². The zero-order valence-corrected chi connectivity index (χ0v) is 50.3. The molecular weight excluding hydrogens is 980 g/mol. The van der Waals surface area contributed by atoms with Gasteiger partial charge in [-0.3, -0.25) is 0 Å². The molecule has 0 unspecified atom stereocenters. The Morgan fingerprint density at radius 3 is 1.42 bits per heavy atom. The summed E-state index contributed by atoms with van der Waals surface area (Å²) in [7, 11) is 0. The molecule has 1 aromatic carbocycles. The third-order valence-electron chi connectivity index (χ3n) is 26.1. The molecule has 2 heterocycles. The Kier molecular flexibility index (Phi) is 24.0. The molecule has 9 nitrogen and oxygen atoms in total. The van der Waals surface area contributed by atoms with Gasteiger partial charge >= 0.3 is 24.8 Å². The van der Waals surface area contributed by atoms with E-state index >= 15 is 0 Å². The Morgan fingerprint density at radius 1 is 0.544 bits per heavy atom. The first-order valence-corrected chi connectivity index (χ1v) is 31.8. The van der Waals surface area contributed by atoms with Gasteiger partial charge in [0.05, 0.1) is 22.9 Å². The van der Waals surface area contributed by atoms with E-state index in [0.29, 0.717) is 50.9 Å². The van der Waals surface area contributed by atoms with E-state index in [2.05, 4.69) is 55.4 Å². The number of carbonyl (C=O) groups excluding carboxylic acids is 1. The number of hydrogen-bond acceptors (Lipinski definition) is 8. The molecule has 2 saturated heterocycles. The Balaban J connectivity index is 0.000000279. The molecule has 0 bridgehead atoms. The predicted molar refractivity (Wildman–Crippen MR) is 316 cm³/mol. The van der Waals surface area contributed by atoms with Crippen LogP contribution in [0.3, 0.4) is 0 Å². The van der Waals surface area contributed by atoms with Crippen LogP contribution in [0.25, 0.3) is 0 Å². The Hall–Kier alpha value is -0.993. The minimum Gasteiger partial charge on any atom is -0.870 e. The van der Waals surface area contributed by atoms with Gasteiger partial charge in [-0.15, -0.1) is 0 Å². The van der Waals surface area contributed by atoms with Gasteiger partial charge in [-0.05, 0) is 292 Å². The zero-order chi connectivity index (χ0) is 52.3. The summed E-state index contributed by atoms with van der Waals surface area (Å²) in [5, 5.41) is 32.4. The molecule has 450 valence electrons. The fourth-order valence-electron chi connectivity index (χ4n) is 21.7. The molecule has 79 heavy (non-hydrogen) atoms. The molecule has 0 aromatic heterocycles. The maximum Gasteiger partial charge on any atom is 1.00 e. The van der Waals surface area contributed by atoms with Crippen LogP contribution in [0.2, 0.25) is 0 Å². The first-order chi connectivity index (χ1) is 35.2. The van der Waals surface area contributed by atoms with E-state index in [1.54, 1.807) is 0 Å². The molecule has 8 saturated carbocycles. The van der Waals surface area contributed by atoms with Gasteiger partial charge in [0.15, 0.2) is 0 Å². The summed E-state index contributed by atoms with van der Waals surface area (Å²) >= 11 is 0. The van der Waals surface area contributed by atoms with Gasteiger partial charge in [0, 0.05) is 32.3 Å². The molecule has 0 spiro atoms. The van der Waals surface area contributed by atoms with Crippen molar-refractivity contribution in [3.63, 3.8) is 0 Å². The molecule has 10 aliphatic rings. The van der Waals surface area contributed by atoms with Crippen molar-refractivity contribution in [1.29, 1.82) is 0 Å². The van der Waals surface area contributed by atoms with Crippen molar-refractivity contribution in [3.05, 3.63) is 35.9 Å². The van der Waals surface area contributed by atoms with Crippen molar-refractivity contribution in [2.75, 3.05) is 26.4 Å². The number of aliphatic hydroxyl groups excluding tert-OH is 1. The van der Waals surface area contributed by atoms with E-state index in [1.165, 1.54) is 96.3 Å². The van der Waals surface area contributed by atoms with Gasteiger partial charge < -0.3 is 40.5 Å². The predicted octanol–water partition coefficient (Wildman–Crippen LogP) is 12.3. The normalized spacial score (nSPS) is 43.0. The van der Waals surface area contributed by atoms with E-state index in [-0.39, 0.29) is 62.8 Å². The average Bonchev–Trinajstić information content (AvgIpc) is 4.13. The van der Waals surface area contributed by atoms with Crippen LogP contribution in [0.5, 0.6) is 0 Å². The van der Waals surface area contributed by atoms with Crippen LogP contribution in [0.15, 0.2) is 30.3 Å². The minimum atomic E-state index is -0.452. The Labute approximate surface area is 495 Å². The second-order valence-corrected chi connectivity index (χ2v) is 30.1. The van der Waals surface area contributed by atoms with Crippen molar-refractivity contribution >= 4 is 5.97 Å². The monoisotopic (exact) mass is 1100 g/mol. The fourth-order valence-corrected chi connectivity index (χ4v) is 21.7. The van der Waals surface area contributed by atoms with Crippen molar-refractivity contribution in [3.8, 4) is 0 Å². The van der Waals surface area contributed by atoms with E-state index in [4.69, 9.17) is 14.2 Å². The van der Waals surface area contributed by atoms with Crippen LogP contribution >= 0.6 is 0 Å². The van der Waals surface area contributed by atoms with Gasteiger partial charge in [0.2, 0.25) is 0 Å². The largest absolute Gasteiger partial charge is 1.00 e. The second kappa shape index (κ2) is 27.6. The Morgan fingerprint density at radius 2 is 0.962 bits per heavy atom. The zero-order valence-electron chi connectivity index (χ0n) is 50.3. The van der Waals surface area contributed by atoms with Crippen molar-refractivity contribution < 1.29 is 64.1 Å². The SMILES string of the molecule is C.C.C[C@H](CC[C@@H](O)C1CCOCC1)[C@H]1CC[C@H]2[C@@H]3CC[C@H]4C[C@@](C)(O)CC[C@]4(C)[C@H]3CC[C@]12C.C[C@H](CC[C@@H](OC(=O)c1ccccc1)C1CCOCC1)[C@H]1CC[C@H]2[C@@H]3CC[C@H]4C[C@@](C)(O)CC[C@]4(C)[C@H]3CC[C@]12C.O.[Li+].[OH-]. The first-order valence-electron chi connectivity index (χ1n) is 31.8. The van der Waals surface area contributed by atoms with Crippen LogP contribution in [0.1, 0.15) is 248 Å². The fraction of sp³-hybridized carbons (Fsp3) is 0.899. The number of rotatable bonds is 12. The van der Waals surface area contributed by atoms with Gasteiger partial charge in [-0.1, -0.05) is 74.6 Å².